The summed E-state index contributed by atoms with van der Waals surface area (Å²) in [5.41, 5.74) is 2.28. The van der Waals surface area contributed by atoms with Gasteiger partial charge in [-0.25, -0.2) is 0 Å². The van der Waals surface area contributed by atoms with Gasteiger partial charge in [0.2, 0.25) is 5.91 Å². The largest absolute Gasteiger partial charge is 0.374 e. The van der Waals surface area contributed by atoms with Gasteiger partial charge in [0.1, 0.15) is 0 Å². The third kappa shape index (κ3) is 9.00. The van der Waals surface area contributed by atoms with Crippen LogP contribution >= 0.6 is 23.5 Å². The van der Waals surface area contributed by atoms with E-state index in [2.05, 4.69) is 36.9 Å². The van der Waals surface area contributed by atoms with Gasteiger partial charge >= 0.3 is 0 Å². The van der Waals surface area contributed by atoms with Gasteiger partial charge in [-0.15, -0.1) is 0 Å². The van der Waals surface area contributed by atoms with Crippen LogP contribution < -0.4 is 10.0 Å². The van der Waals surface area contributed by atoms with Gasteiger partial charge < -0.3 is 5.32 Å². The Morgan fingerprint density at radius 3 is 2.86 bits per heavy atom. The molecule has 1 amide bonds. The van der Waals surface area contributed by atoms with Crippen molar-refractivity contribution in [3.05, 3.63) is 40.9 Å². The van der Waals surface area contributed by atoms with Crippen molar-refractivity contribution < 1.29 is 4.79 Å². The number of hydrogen-bond donors (Lipinski definition) is 2. The minimum atomic E-state index is 0.0857. The van der Waals surface area contributed by atoms with Crippen LogP contribution in [0.25, 0.3) is 0 Å². The number of carbonyl (C=O) groups is 1. The van der Waals surface area contributed by atoms with Crippen molar-refractivity contribution in [2.24, 2.45) is 5.92 Å². The van der Waals surface area contributed by atoms with Gasteiger partial charge in [0.25, 0.3) is 0 Å². The molecule has 0 saturated heterocycles. The SMILES string of the molecule is CC(C)=CCCC(C)CC(=O)NSCNc1cccc(Cl)c1. The molecular weight excluding hydrogens is 316 g/mol. The molecule has 0 fully saturated rings. The first-order valence-corrected chi connectivity index (χ1v) is 8.87. The lowest BCUT2D eigenvalue weighted by atomic mass is 10.0. The molecule has 1 rings (SSSR count). The van der Waals surface area contributed by atoms with Gasteiger partial charge in [-0.3, -0.25) is 9.52 Å². The second-order valence-corrected chi connectivity index (χ2v) is 6.89. The van der Waals surface area contributed by atoms with E-state index >= 15 is 0 Å². The van der Waals surface area contributed by atoms with Crippen molar-refractivity contribution in [2.75, 3.05) is 11.2 Å². The molecule has 3 nitrogen and oxygen atoms in total. The quantitative estimate of drug-likeness (QED) is 0.279. The Labute approximate surface area is 143 Å². The Kier molecular flexibility index (Phi) is 9.09. The molecule has 1 unspecified atom stereocenters. The maximum atomic E-state index is 11.8. The molecule has 5 heteroatoms. The topological polar surface area (TPSA) is 41.1 Å². The number of benzene rings is 1. The third-order valence-corrected chi connectivity index (χ3v) is 4.00. The summed E-state index contributed by atoms with van der Waals surface area (Å²) in [5, 5.41) is 3.90. The Balaban J connectivity index is 2.14. The lowest BCUT2D eigenvalue weighted by Crippen LogP contribution is -2.20. The summed E-state index contributed by atoms with van der Waals surface area (Å²) in [4.78, 5) is 11.8. The monoisotopic (exact) mass is 340 g/mol. The zero-order chi connectivity index (χ0) is 16.4. The van der Waals surface area contributed by atoms with E-state index in [0.717, 1.165) is 18.5 Å². The number of rotatable bonds is 9. The average molecular weight is 341 g/mol. The fourth-order valence-electron chi connectivity index (χ4n) is 1.95. The van der Waals surface area contributed by atoms with Gasteiger partial charge in [-0.05, 0) is 62.8 Å². The summed E-state index contributed by atoms with van der Waals surface area (Å²) < 4.78 is 2.86. The maximum absolute atomic E-state index is 11.8. The third-order valence-electron chi connectivity index (χ3n) is 3.10. The van der Waals surface area contributed by atoms with Crippen LogP contribution in [-0.2, 0) is 4.79 Å². The molecule has 1 aromatic carbocycles. The van der Waals surface area contributed by atoms with Gasteiger partial charge in [0.15, 0.2) is 0 Å². The van der Waals surface area contributed by atoms with Crippen LogP contribution in [0.15, 0.2) is 35.9 Å². The van der Waals surface area contributed by atoms with Gasteiger partial charge in [0, 0.05) is 17.1 Å². The molecule has 0 spiro atoms. The summed E-state index contributed by atoms with van der Waals surface area (Å²) in [6.45, 7) is 6.31. The van der Waals surface area contributed by atoms with Gasteiger partial charge in [0.05, 0.1) is 5.88 Å². The molecule has 2 N–H and O–H groups in total. The average Bonchev–Trinajstić information content (AvgIpc) is 2.43. The standard InChI is InChI=1S/C17H25ClN2OS/c1-13(2)6-4-7-14(3)10-17(21)20-22-12-19-16-9-5-8-15(18)11-16/h5-6,8-9,11,14,19H,4,7,10,12H2,1-3H3,(H,20,21). The van der Waals surface area contributed by atoms with Crippen LogP contribution in [0.2, 0.25) is 5.02 Å². The Hall–Kier alpha value is -1.13. The number of anilines is 1. The highest BCUT2D eigenvalue weighted by Crippen LogP contribution is 2.16. The van der Waals surface area contributed by atoms with Crippen LogP contribution in [0.5, 0.6) is 0 Å². The highest BCUT2D eigenvalue weighted by molar-refractivity contribution is 7.98. The predicted molar refractivity (Wildman–Crippen MR) is 98.1 cm³/mol. The Morgan fingerprint density at radius 2 is 2.18 bits per heavy atom. The molecule has 1 aromatic rings. The van der Waals surface area contributed by atoms with E-state index in [0.29, 0.717) is 23.2 Å². The number of amides is 1. The van der Waals surface area contributed by atoms with E-state index in [4.69, 9.17) is 11.6 Å². The fraction of sp³-hybridized carbons (Fsp3) is 0.471. The highest BCUT2D eigenvalue weighted by Gasteiger charge is 2.08. The highest BCUT2D eigenvalue weighted by atomic mass is 35.5. The van der Waals surface area contributed by atoms with Crippen molar-refractivity contribution in [3.63, 3.8) is 0 Å². The lowest BCUT2D eigenvalue weighted by molar-refractivity contribution is -0.120. The van der Waals surface area contributed by atoms with Crippen LogP contribution in [0.4, 0.5) is 5.69 Å². The van der Waals surface area contributed by atoms with Crippen LogP contribution in [0.3, 0.4) is 0 Å². The second-order valence-electron chi connectivity index (χ2n) is 5.67. The summed E-state index contributed by atoms with van der Waals surface area (Å²) in [7, 11) is 0. The molecule has 0 bridgehead atoms. The van der Waals surface area contributed by atoms with E-state index in [1.54, 1.807) is 0 Å². The van der Waals surface area contributed by atoms with Crippen LogP contribution in [0, 0.1) is 5.92 Å². The zero-order valence-electron chi connectivity index (χ0n) is 13.5. The summed E-state index contributed by atoms with van der Waals surface area (Å²) >= 11 is 7.27. The van der Waals surface area contributed by atoms with E-state index in [1.165, 1.54) is 17.5 Å². The number of halogens is 1. The predicted octanol–water partition coefficient (Wildman–Crippen LogP) is 5.25. The first-order valence-electron chi connectivity index (χ1n) is 7.51. The van der Waals surface area contributed by atoms with Crippen LogP contribution in [0.1, 0.15) is 40.0 Å². The number of allylic oxidation sites excluding steroid dienone is 2. The molecule has 0 aliphatic rings. The molecule has 1 atom stereocenters. The molecule has 22 heavy (non-hydrogen) atoms. The van der Waals surface area contributed by atoms with Gasteiger partial charge in [-0.1, -0.05) is 36.2 Å². The lowest BCUT2D eigenvalue weighted by Gasteiger charge is -2.11. The Bertz CT molecular complexity index is 501. The van der Waals surface area contributed by atoms with Crippen molar-refractivity contribution in [2.45, 2.75) is 40.0 Å². The molecule has 0 aliphatic heterocycles. The van der Waals surface area contributed by atoms with Crippen molar-refractivity contribution in [1.29, 1.82) is 0 Å². The van der Waals surface area contributed by atoms with Crippen molar-refractivity contribution in [3.8, 4) is 0 Å². The van der Waals surface area contributed by atoms with E-state index < -0.39 is 0 Å². The van der Waals surface area contributed by atoms with E-state index in [9.17, 15) is 4.79 Å². The summed E-state index contributed by atoms with van der Waals surface area (Å²) in [6, 6.07) is 7.52. The van der Waals surface area contributed by atoms with E-state index in [1.807, 2.05) is 24.3 Å². The number of hydrogen-bond acceptors (Lipinski definition) is 3. The normalized spacial score (nSPS) is 11.6. The first-order chi connectivity index (χ1) is 10.5. The second kappa shape index (κ2) is 10.6. The van der Waals surface area contributed by atoms with Crippen molar-refractivity contribution >= 4 is 35.1 Å². The molecule has 0 heterocycles. The maximum Gasteiger partial charge on any atom is 0.230 e. The zero-order valence-corrected chi connectivity index (χ0v) is 15.1. The van der Waals surface area contributed by atoms with E-state index in [-0.39, 0.29) is 5.91 Å². The fourth-order valence-corrected chi connectivity index (χ4v) is 2.70. The molecule has 0 aromatic heterocycles. The molecular formula is C17H25ClN2OS. The van der Waals surface area contributed by atoms with Crippen molar-refractivity contribution in [1.82, 2.24) is 4.72 Å². The number of nitrogens with one attached hydrogen (secondary N) is 2. The number of carbonyl (C=O) groups excluding carboxylic acids is 1. The summed E-state index contributed by atoms with van der Waals surface area (Å²) in [6.07, 6.45) is 4.88. The van der Waals surface area contributed by atoms with Crippen LogP contribution in [-0.4, -0.2) is 11.8 Å². The minimum absolute atomic E-state index is 0.0857. The molecule has 0 radical (unpaired) electrons. The smallest absolute Gasteiger partial charge is 0.230 e. The van der Waals surface area contributed by atoms with Gasteiger partial charge in [-0.2, -0.15) is 0 Å². The summed E-state index contributed by atoms with van der Waals surface area (Å²) in [5.74, 6) is 1.10. The minimum Gasteiger partial charge on any atom is -0.374 e. The Morgan fingerprint density at radius 1 is 1.41 bits per heavy atom. The molecule has 122 valence electrons. The molecule has 0 saturated carbocycles. The molecule has 0 aliphatic carbocycles. The first kappa shape index (κ1) is 18.9.